The van der Waals surface area contributed by atoms with Crippen LogP contribution in [0.15, 0.2) is 0 Å². The molecule has 0 fully saturated rings. The van der Waals surface area contributed by atoms with Gasteiger partial charge in [-0.1, -0.05) is 64.7 Å². The second-order valence-corrected chi connectivity index (χ2v) is 7.69. The molecule has 0 saturated carbocycles. The zero-order chi connectivity index (χ0) is 15.8. The first-order chi connectivity index (χ1) is 10.1. The second kappa shape index (κ2) is 18.1. The molecule has 0 spiro atoms. The lowest BCUT2D eigenvalue weighted by atomic mass is 10.1. The van der Waals surface area contributed by atoms with Crippen LogP contribution in [0, 0.1) is 0 Å². The monoisotopic (exact) mass is 397 g/mol. The second-order valence-electron chi connectivity index (χ2n) is 7.31. The van der Waals surface area contributed by atoms with Crippen molar-refractivity contribution in [2.75, 3.05) is 33.1 Å². The lowest BCUT2D eigenvalue weighted by Gasteiger charge is -2.29. The maximum absolute atomic E-state index is 5.75. The Kier molecular flexibility index (Phi) is 20.5. The molecule has 0 heterocycles. The lowest BCUT2D eigenvalue weighted by molar-refractivity contribution is -0.890. The largest absolute Gasteiger partial charge is 1.00 e. The molecule has 0 aromatic carbocycles. The predicted molar refractivity (Wildman–Crippen MR) is 98.3 cm³/mol. The van der Waals surface area contributed by atoms with Crippen LogP contribution in [0.2, 0.25) is 0 Å². The van der Waals surface area contributed by atoms with Crippen LogP contribution < -0.4 is 17.0 Å². The molecule has 1 nitrogen and oxygen atoms in total. The van der Waals surface area contributed by atoms with Crippen LogP contribution in [-0.4, -0.2) is 37.5 Å². The zero-order valence-electron chi connectivity index (χ0n) is 15.5. The number of quaternary nitrogens is 1. The summed E-state index contributed by atoms with van der Waals surface area (Å²) in [5, 5.41) is 0. The van der Waals surface area contributed by atoms with E-state index in [4.69, 9.17) is 11.6 Å². The van der Waals surface area contributed by atoms with E-state index in [2.05, 4.69) is 21.0 Å². The van der Waals surface area contributed by atoms with Gasteiger partial charge in [0.25, 0.3) is 0 Å². The first kappa shape index (κ1) is 25.0. The summed E-state index contributed by atoms with van der Waals surface area (Å²) < 4.78 is 1.17. The van der Waals surface area contributed by atoms with E-state index in [0.29, 0.717) is 0 Å². The molecule has 0 saturated heterocycles. The number of hydrogen-bond donors (Lipinski definition) is 0. The summed E-state index contributed by atoms with van der Waals surface area (Å²) in [5.41, 5.74) is 0. The van der Waals surface area contributed by atoms with Crippen molar-refractivity contribution in [2.45, 2.75) is 90.4 Å². The maximum Gasteiger partial charge on any atom is 0.0782 e. The third-order valence-electron chi connectivity index (χ3n) is 4.51. The van der Waals surface area contributed by atoms with Gasteiger partial charge in [-0.05, 0) is 25.7 Å². The maximum atomic E-state index is 5.75. The van der Waals surface area contributed by atoms with E-state index >= 15 is 0 Å². The van der Waals surface area contributed by atoms with Gasteiger partial charge in [-0.25, -0.2) is 0 Å². The van der Waals surface area contributed by atoms with Crippen molar-refractivity contribution >= 4 is 11.6 Å². The van der Waals surface area contributed by atoms with Gasteiger partial charge in [-0.2, -0.15) is 0 Å². The zero-order valence-corrected chi connectivity index (χ0v) is 17.9. The molecule has 0 aliphatic heterocycles. The lowest BCUT2D eigenvalue weighted by Crippen LogP contribution is -3.00. The van der Waals surface area contributed by atoms with Crippen LogP contribution in [0.5, 0.6) is 0 Å². The fourth-order valence-corrected chi connectivity index (χ4v) is 3.14. The van der Waals surface area contributed by atoms with Gasteiger partial charge < -0.3 is 21.5 Å². The third kappa shape index (κ3) is 18.8. The van der Waals surface area contributed by atoms with Gasteiger partial charge in [0, 0.05) is 5.88 Å². The van der Waals surface area contributed by atoms with Gasteiger partial charge in [0.1, 0.15) is 0 Å². The average Bonchev–Trinajstić information content (AvgIpc) is 2.45. The van der Waals surface area contributed by atoms with Crippen molar-refractivity contribution < 1.29 is 21.5 Å². The Balaban J connectivity index is 0. The van der Waals surface area contributed by atoms with Gasteiger partial charge in [0.2, 0.25) is 0 Å². The molecule has 0 bridgehead atoms. The number of rotatable bonds is 16. The van der Waals surface area contributed by atoms with Crippen LogP contribution in [-0.2, 0) is 0 Å². The molecule has 0 N–H and O–H groups in total. The first-order valence-electron chi connectivity index (χ1n) is 9.50. The van der Waals surface area contributed by atoms with E-state index in [0.717, 1.165) is 5.88 Å². The van der Waals surface area contributed by atoms with E-state index in [9.17, 15) is 0 Å². The van der Waals surface area contributed by atoms with Gasteiger partial charge in [0.05, 0.1) is 27.2 Å². The number of unbranched alkanes of at least 4 members (excludes halogenated alkanes) is 11. The van der Waals surface area contributed by atoms with Crippen LogP contribution in [0.4, 0.5) is 0 Å². The minimum atomic E-state index is 0. The highest BCUT2D eigenvalue weighted by Crippen LogP contribution is 2.12. The SMILES string of the molecule is CCCCCCCCCCCCC[N+](C)(C)CCCCCl.[Br-]. The Morgan fingerprint density at radius 1 is 0.591 bits per heavy atom. The molecule has 0 amide bonds. The van der Waals surface area contributed by atoms with Crippen molar-refractivity contribution in [3.05, 3.63) is 0 Å². The fraction of sp³-hybridized carbons (Fsp3) is 1.00. The highest BCUT2D eigenvalue weighted by atomic mass is 79.9. The van der Waals surface area contributed by atoms with Crippen LogP contribution in [0.1, 0.15) is 90.4 Å². The molecule has 0 rings (SSSR count). The van der Waals surface area contributed by atoms with E-state index in [1.165, 1.54) is 101 Å². The molecule has 0 aliphatic rings. The molecular formula is C19H41BrClN. The number of halogens is 2. The van der Waals surface area contributed by atoms with Gasteiger partial charge in [-0.3, -0.25) is 0 Å². The Bertz CT molecular complexity index is 210. The molecule has 0 unspecified atom stereocenters. The Labute approximate surface area is 156 Å². The highest BCUT2D eigenvalue weighted by Gasteiger charge is 2.13. The number of nitrogens with zero attached hydrogens (tertiary/aromatic N) is 1. The van der Waals surface area contributed by atoms with Crippen molar-refractivity contribution in [3.63, 3.8) is 0 Å². The van der Waals surface area contributed by atoms with E-state index < -0.39 is 0 Å². The van der Waals surface area contributed by atoms with Crippen LogP contribution >= 0.6 is 11.6 Å². The summed E-state index contributed by atoms with van der Waals surface area (Å²) in [6.07, 6.45) is 18.2. The summed E-state index contributed by atoms with van der Waals surface area (Å²) >= 11 is 5.75. The average molecular weight is 399 g/mol. The third-order valence-corrected chi connectivity index (χ3v) is 4.78. The highest BCUT2D eigenvalue weighted by molar-refractivity contribution is 6.17. The number of hydrogen-bond acceptors (Lipinski definition) is 0. The smallest absolute Gasteiger partial charge is 0.0782 e. The topological polar surface area (TPSA) is 0 Å². The van der Waals surface area contributed by atoms with E-state index in [-0.39, 0.29) is 17.0 Å². The Morgan fingerprint density at radius 3 is 1.36 bits per heavy atom. The molecule has 22 heavy (non-hydrogen) atoms. The quantitative estimate of drug-likeness (QED) is 0.212. The minimum Gasteiger partial charge on any atom is -1.00 e. The van der Waals surface area contributed by atoms with E-state index in [1.807, 2.05) is 0 Å². The van der Waals surface area contributed by atoms with E-state index in [1.54, 1.807) is 0 Å². The summed E-state index contributed by atoms with van der Waals surface area (Å²) in [6, 6.07) is 0. The van der Waals surface area contributed by atoms with Crippen molar-refractivity contribution in [1.82, 2.24) is 0 Å². The summed E-state index contributed by atoms with van der Waals surface area (Å²) in [6.45, 7) is 4.90. The molecule has 0 aromatic rings. The van der Waals surface area contributed by atoms with Crippen LogP contribution in [0.3, 0.4) is 0 Å². The molecule has 3 heteroatoms. The first-order valence-corrected chi connectivity index (χ1v) is 10.0. The summed E-state index contributed by atoms with van der Waals surface area (Å²) in [5.74, 6) is 0.818. The van der Waals surface area contributed by atoms with Crippen LogP contribution in [0.25, 0.3) is 0 Å². The minimum absolute atomic E-state index is 0. The van der Waals surface area contributed by atoms with Crippen molar-refractivity contribution in [3.8, 4) is 0 Å². The Hall–Kier alpha value is 0.730. The summed E-state index contributed by atoms with van der Waals surface area (Å²) in [4.78, 5) is 0. The van der Waals surface area contributed by atoms with Crippen molar-refractivity contribution in [2.24, 2.45) is 0 Å². The number of alkyl halides is 1. The van der Waals surface area contributed by atoms with Gasteiger partial charge in [-0.15, -0.1) is 11.6 Å². The fourth-order valence-electron chi connectivity index (χ4n) is 2.95. The normalized spacial score (nSPS) is 11.5. The Morgan fingerprint density at radius 2 is 0.955 bits per heavy atom. The molecule has 0 radical (unpaired) electrons. The summed E-state index contributed by atoms with van der Waals surface area (Å²) in [7, 11) is 4.73. The predicted octanol–water partition coefficient (Wildman–Crippen LogP) is 3.40. The molecule has 0 aromatic heterocycles. The van der Waals surface area contributed by atoms with Crippen molar-refractivity contribution in [1.29, 1.82) is 0 Å². The van der Waals surface area contributed by atoms with Gasteiger partial charge in [0.15, 0.2) is 0 Å². The molecule has 0 atom stereocenters. The van der Waals surface area contributed by atoms with Gasteiger partial charge >= 0.3 is 0 Å². The molecule has 136 valence electrons. The standard InChI is InChI=1S/C19H41ClN.BrH/c1-4-5-6-7-8-9-10-11-12-13-15-18-21(2,3)19-16-14-17-20;/h4-19H2,1-3H3;1H/q+1;/p-1. The molecular weight excluding hydrogens is 358 g/mol. The molecule has 0 aliphatic carbocycles.